The average Bonchev–Trinajstić information content (AvgIpc) is 2.54. The molecule has 0 aliphatic carbocycles. The summed E-state index contributed by atoms with van der Waals surface area (Å²) in [4.78, 5) is 30.6. The van der Waals surface area contributed by atoms with Gasteiger partial charge >= 0.3 is 0 Å². The van der Waals surface area contributed by atoms with E-state index in [4.69, 9.17) is 0 Å². The van der Waals surface area contributed by atoms with E-state index >= 15 is 0 Å². The molecule has 2 amide bonds. The van der Waals surface area contributed by atoms with E-state index in [-0.39, 0.29) is 29.7 Å². The molecule has 0 radical (unpaired) electrons. The van der Waals surface area contributed by atoms with E-state index in [0.29, 0.717) is 6.54 Å². The molecule has 2 atom stereocenters. The zero-order chi connectivity index (χ0) is 16.1. The number of carbonyl (C=O) groups is 2. The van der Waals surface area contributed by atoms with Gasteiger partial charge in [-0.3, -0.25) is 14.6 Å². The SMILES string of the molecule is CC(C)C(=O)N1CCC[C@H](C(=O)N[C@@H](C)c2ccccn2)C1. The van der Waals surface area contributed by atoms with Gasteiger partial charge in [-0.1, -0.05) is 19.9 Å². The maximum absolute atomic E-state index is 12.4. The van der Waals surface area contributed by atoms with E-state index in [9.17, 15) is 9.59 Å². The fourth-order valence-corrected chi connectivity index (χ4v) is 2.79. The first kappa shape index (κ1) is 16.5. The Kier molecular flexibility index (Phi) is 5.52. The summed E-state index contributed by atoms with van der Waals surface area (Å²) in [6, 6.07) is 5.55. The van der Waals surface area contributed by atoms with Crippen LogP contribution in [0.3, 0.4) is 0 Å². The molecule has 0 spiro atoms. The summed E-state index contributed by atoms with van der Waals surface area (Å²) in [5.74, 6) is 0.00606. The molecule has 5 nitrogen and oxygen atoms in total. The summed E-state index contributed by atoms with van der Waals surface area (Å²) < 4.78 is 0. The van der Waals surface area contributed by atoms with Crippen LogP contribution in [0.25, 0.3) is 0 Å². The first-order chi connectivity index (χ1) is 10.5. The van der Waals surface area contributed by atoms with E-state index in [0.717, 1.165) is 25.1 Å². The lowest BCUT2D eigenvalue weighted by atomic mass is 9.95. The Hall–Kier alpha value is -1.91. The lowest BCUT2D eigenvalue weighted by Gasteiger charge is -2.33. The molecule has 1 aromatic rings. The van der Waals surface area contributed by atoms with Crippen molar-refractivity contribution in [3.8, 4) is 0 Å². The van der Waals surface area contributed by atoms with E-state index in [2.05, 4.69) is 10.3 Å². The second-order valence-electron chi connectivity index (χ2n) is 6.26. The van der Waals surface area contributed by atoms with E-state index in [1.807, 2.05) is 43.9 Å². The number of carbonyl (C=O) groups excluding carboxylic acids is 2. The number of hydrogen-bond donors (Lipinski definition) is 1. The molecule has 120 valence electrons. The second kappa shape index (κ2) is 7.38. The molecule has 22 heavy (non-hydrogen) atoms. The molecule has 2 rings (SSSR count). The third-order valence-corrected chi connectivity index (χ3v) is 4.09. The predicted octanol–water partition coefficient (Wildman–Crippen LogP) is 2.15. The number of nitrogens with zero attached hydrogens (tertiary/aromatic N) is 2. The topological polar surface area (TPSA) is 62.3 Å². The molecule has 0 aromatic carbocycles. The molecule has 0 unspecified atom stereocenters. The van der Waals surface area contributed by atoms with Crippen LogP contribution in [0.5, 0.6) is 0 Å². The monoisotopic (exact) mass is 303 g/mol. The van der Waals surface area contributed by atoms with Crippen LogP contribution in [0.1, 0.15) is 45.3 Å². The van der Waals surface area contributed by atoms with Crippen LogP contribution in [0.2, 0.25) is 0 Å². The minimum atomic E-state index is -0.123. The van der Waals surface area contributed by atoms with Crippen molar-refractivity contribution in [1.29, 1.82) is 0 Å². The highest BCUT2D eigenvalue weighted by Gasteiger charge is 2.29. The minimum absolute atomic E-state index is 0.0133. The van der Waals surface area contributed by atoms with Gasteiger partial charge in [0.25, 0.3) is 0 Å². The molecule has 1 aromatic heterocycles. The zero-order valence-corrected chi connectivity index (χ0v) is 13.6. The van der Waals surface area contributed by atoms with Gasteiger partial charge < -0.3 is 10.2 Å². The quantitative estimate of drug-likeness (QED) is 0.927. The van der Waals surface area contributed by atoms with Gasteiger partial charge in [0.2, 0.25) is 11.8 Å². The number of likely N-dealkylation sites (tertiary alicyclic amines) is 1. The Morgan fingerprint density at radius 1 is 1.32 bits per heavy atom. The number of amides is 2. The van der Waals surface area contributed by atoms with Gasteiger partial charge in [-0.2, -0.15) is 0 Å². The number of aromatic nitrogens is 1. The number of hydrogen-bond acceptors (Lipinski definition) is 3. The Labute approximate surface area is 132 Å². The fourth-order valence-electron chi connectivity index (χ4n) is 2.79. The standard InChI is InChI=1S/C17H25N3O2/c1-12(2)17(22)20-10-6-7-14(11-20)16(21)19-13(3)15-8-4-5-9-18-15/h4-5,8-9,12-14H,6-7,10-11H2,1-3H3,(H,19,21)/t13-,14-/m0/s1. The molecule has 1 saturated heterocycles. The van der Waals surface area contributed by atoms with Crippen LogP contribution in [0.15, 0.2) is 24.4 Å². The summed E-state index contributed by atoms with van der Waals surface area (Å²) in [7, 11) is 0. The number of nitrogens with one attached hydrogen (secondary N) is 1. The molecule has 1 aliphatic heterocycles. The molecule has 1 aliphatic rings. The number of rotatable bonds is 4. The van der Waals surface area contributed by atoms with Gasteiger partial charge in [-0.05, 0) is 31.9 Å². The van der Waals surface area contributed by atoms with Crippen molar-refractivity contribution in [3.63, 3.8) is 0 Å². The number of piperidine rings is 1. The Balaban J connectivity index is 1.93. The van der Waals surface area contributed by atoms with Crippen molar-refractivity contribution >= 4 is 11.8 Å². The zero-order valence-electron chi connectivity index (χ0n) is 13.6. The van der Waals surface area contributed by atoms with E-state index in [1.165, 1.54) is 0 Å². The molecule has 1 fully saturated rings. The highest BCUT2D eigenvalue weighted by Crippen LogP contribution is 2.20. The molecule has 0 bridgehead atoms. The third kappa shape index (κ3) is 4.06. The van der Waals surface area contributed by atoms with Gasteiger partial charge in [0.15, 0.2) is 0 Å². The van der Waals surface area contributed by atoms with Gasteiger partial charge in [-0.25, -0.2) is 0 Å². The summed E-state index contributed by atoms with van der Waals surface area (Å²) in [5.41, 5.74) is 0.849. The van der Waals surface area contributed by atoms with Crippen LogP contribution < -0.4 is 5.32 Å². The first-order valence-electron chi connectivity index (χ1n) is 7.99. The number of pyridine rings is 1. The maximum Gasteiger partial charge on any atom is 0.225 e. The average molecular weight is 303 g/mol. The second-order valence-corrected chi connectivity index (χ2v) is 6.26. The molecular formula is C17H25N3O2. The maximum atomic E-state index is 12.4. The van der Waals surface area contributed by atoms with Gasteiger partial charge in [0, 0.05) is 25.2 Å². The third-order valence-electron chi connectivity index (χ3n) is 4.09. The van der Waals surface area contributed by atoms with Crippen molar-refractivity contribution in [1.82, 2.24) is 15.2 Å². The minimum Gasteiger partial charge on any atom is -0.348 e. The van der Waals surface area contributed by atoms with Crippen molar-refractivity contribution in [2.75, 3.05) is 13.1 Å². The van der Waals surface area contributed by atoms with Crippen molar-refractivity contribution in [2.24, 2.45) is 11.8 Å². The fraction of sp³-hybridized carbons (Fsp3) is 0.588. The lowest BCUT2D eigenvalue weighted by Crippen LogP contribution is -2.47. The van der Waals surface area contributed by atoms with Crippen LogP contribution in [0.4, 0.5) is 0 Å². The van der Waals surface area contributed by atoms with Gasteiger partial charge in [-0.15, -0.1) is 0 Å². The smallest absolute Gasteiger partial charge is 0.225 e. The van der Waals surface area contributed by atoms with Gasteiger partial charge in [0.05, 0.1) is 17.7 Å². The van der Waals surface area contributed by atoms with Crippen molar-refractivity contribution < 1.29 is 9.59 Å². The molecule has 1 N–H and O–H groups in total. The van der Waals surface area contributed by atoms with Crippen molar-refractivity contribution in [2.45, 2.75) is 39.7 Å². The largest absolute Gasteiger partial charge is 0.348 e. The highest BCUT2D eigenvalue weighted by atomic mass is 16.2. The Bertz CT molecular complexity index is 516. The van der Waals surface area contributed by atoms with Gasteiger partial charge in [0.1, 0.15) is 0 Å². The van der Waals surface area contributed by atoms with E-state index in [1.54, 1.807) is 6.20 Å². The summed E-state index contributed by atoms with van der Waals surface area (Å²) in [6.07, 6.45) is 3.44. The van der Waals surface area contributed by atoms with Crippen LogP contribution in [-0.2, 0) is 9.59 Å². The van der Waals surface area contributed by atoms with E-state index < -0.39 is 0 Å². The van der Waals surface area contributed by atoms with Crippen LogP contribution >= 0.6 is 0 Å². The Morgan fingerprint density at radius 3 is 2.73 bits per heavy atom. The Morgan fingerprint density at radius 2 is 2.09 bits per heavy atom. The summed E-state index contributed by atoms with van der Waals surface area (Å²) >= 11 is 0. The predicted molar refractivity (Wildman–Crippen MR) is 84.9 cm³/mol. The summed E-state index contributed by atoms with van der Waals surface area (Å²) in [5, 5.41) is 3.02. The van der Waals surface area contributed by atoms with Crippen molar-refractivity contribution in [3.05, 3.63) is 30.1 Å². The van der Waals surface area contributed by atoms with Crippen LogP contribution in [-0.4, -0.2) is 34.8 Å². The molecule has 0 saturated carbocycles. The molecular weight excluding hydrogens is 278 g/mol. The lowest BCUT2D eigenvalue weighted by molar-refractivity contribution is -0.138. The molecule has 2 heterocycles. The molecule has 5 heteroatoms. The van der Waals surface area contributed by atoms with Crippen LogP contribution in [0, 0.1) is 11.8 Å². The summed E-state index contributed by atoms with van der Waals surface area (Å²) in [6.45, 7) is 7.01. The highest BCUT2D eigenvalue weighted by molar-refractivity contribution is 5.82. The normalized spacial score (nSPS) is 19.8. The first-order valence-corrected chi connectivity index (χ1v) is 7.99.